The first-order valence-electron chi connectivity index (χ1n) is 8.39. The number of β-lactam (4-membered cyclic amide) rings is 1. The van der Waals surface area contributed by atoms with Crippen LogP contribution in [0.1, 0.15) is 40.0 Å². The van der Waals surface area contributed by atoms with Gasteiger partial charge in [0.05, 0.1) is 6.04 Å². The van der Waals surface area contributed by atoms with Gasteiger partial charge in [0.15, 0.2) is 6.10 Å². The van der Waals surface area contributed by atoms with Crippen LogP contribution in [0.25, 0.3) is 0 Å². The molecule has 2 unspecified atom stereocenters. The summed E-state index contributed by atoms with van der Waals surface area (Å²) in [6.45, 7) is 8.38. The van der Waals surface area contributed by atoms with Gasteiger partial charge < -0.3 is 19.9 Å². The van der Waals surface area contributed by atoms with Gasteiger partial charge in [-0.25, -0.2) is 4.79 Å². The molecule has 126 valence electrons. The SMILES string of the molecule is CCCNC(=O)N1CCC(C2C(OC)C(=O)N2C(C)C)CC1. The molecule has 2 rings (SSSR count). The van der Waals surface area contributed by atoms with Gasteiger partial charge in [0.2, 0.25) is 0 Å². The van der Waals surface area contributed by atoms with E-state index >= 15 is 0 Å². The third kappa shape index (κ3) is 3.21. The number of carbonyl (C=O) groups is 2. The molecule has 0 aromatic heterocycles. The van der Waals surface area contributed by atoms with E-state index in [0.29, 0.717) is 5.92 Å². The summed E-state index contributed by atoms with van der Waals surface area (Å²) in [5, 5.41) is 2.93. The number of amides is 3. The van der Waals surface area contributed by atoms with Crippen LogP contribution in [0.3, 0.4) is 0 Å². The fourth-order valence-electron chi connectivity index (χ4n) is 3.60. The number of nitrogens with zero attached hydrogens (tertiary/aromatic N) is 2. The molecule has 0 saturated carbocycles. The number of nitrogens with one attached hydrogen (secondary N) is 1. The molecule has 0 aliphatic carbocycles. The van der Waals surface area contributed by atoms with Crippen LogP contribution in [0.2, 0.25) is 0 Å². The van der Waals surface area contributed by atoms with Crippen molar-refractivity contribution in [2.75, 3.05) is 26.7 Å². The van der Waals surface area contributed by atoms with Gasteiger partial charge in [-0.05, 0) is 39.0 Å². The van der Waals surface area contributed by atoms with E-state index < -0.39 is 0 Å². The zero-order chi connectivity index (χ0) is 16.3. The Morgan fingerprint density at radius 1 is 1.36 bits per heavy atom. The second kappa shape index (κ2) is 7.31. The Bertz CT molecular complexity index is 405. The molecule has 2 heterocycles. The molecular formula is C16H29N3O3. The molecule has 2 fully saturated rings. The van der Waals surface area contributed by atoms with E-state index in [9.17, 15) is 9.59 Å². The Balaban J connectivity index is 1.90. The Morgan fingerprint density at radius 3 is 2.50 bits per heavy atom. The lowest BCUT2D eigenvalue weighted by atomic mass is 9.79. The quantitative estimate of drug-likeness (QED) is 0.782. The molecule has 3 amide bonds. The summed E-state index contributed by atoms with van der Waals surface area (Å²) in [5.74, 6) is 0.519. The summed E-state index contributed by atoms with van der Waals surface area (Å²) in [6, 6.07) is 0.405. The molecule has 0 aromatic carbocycles. The molecule has 0 aromatic rings. The van der Waals surface area contributed by atoms with Gasteiger partial charge in [-0.15, -0.1) is 0 Å². The average molecular weight is 311 g/mol. The number of piperidine rings is 1. The first-order valence-corrected chi connectivity index (χ1v) is 8.39. The lowest BCUT2D eigenvalue weighted by Gasteiger charge is -2.53. The molecule has 1 N–H and O–H groups in total. The Hall–Kier alpha value is -1.30. The van der Waals surface area contributed by atoms with E-state index in [-0.39, 0.29) is 30.1 Å². The highest BCUT2D eigenvalue weighted by atomic mass is 16.5. The molecule has 2 atom stereocenters. The Morgan fingerprint density at radius 2 is 2.00 bits per heavy atom. The minimum atomic E-state index is -0.298. The molecule has 22 heavy (non-hydrogen) atoms. The highest BCUT2D eigenvalue weighted by Crippen LogP contribution is 2.36. The zero-order valence-corrected chi connectivity index (χ0v) is 14.2. The number of methoxy groups -OCH3 is 1. The fourth-order valence-corrected chi connectivity index (χ4v) is 3.60. The van der Waals surface area contributed by atoms with Crippen LogP contribution in [0.4, 0.5) is 4.79 Å². The van der Waals surface area contributed by atoms with Crippen molar-refractivity contribution in [3.05, 3.63) is 0 Å². The van der Waals surface area contributed by atoms with Gasteiger partial charge in [-0.3, -0.25) is 4.79 Å². The van der Waals surface area contributed by atoms with Crippen molar-refractivity contribution in [3.63, 3.8) is 0 Å². The van der Waals surface area contributed by atoms with E-state index in [1.807, 2.05) is 30.6 Å². The second-order valence-electron chi connectivity index (χ2n) is 6.54. The monoisotopic (exact) mass is 311 g/mol. The predicted octanol–water partition coefficient (Wildman–Crippen LogP) is 1.45. The van der Waals surface area contributed by atoms with Crippen LogP contribution in [-0.2, 0) is 9.53 Å². The van der Waals surface area contributed by atoms with Crippen LogP contribution in [-0.4, -0.2) is 66.7 Å². The molecule has 2 aliphatic heterocycles. The Kier molecular flexibility index (Phi) is 5.67. The lowest BCUT2D eigenvalue weighted by Crippen LogP contribution is -2.70. The van der Waals surface area contributed by atoms with E-state index in [2.05, 4.69) is 5.32 Å². The van der Waals surface area contributed by atoms with Crippen molar-refractivity contribution in [1.29, 1.82) is 0 Å². The second-order valence-corrected chi connectivity index (χ2v) is 6.54. The van der Waals surface area contributed by atoms with Gasteiger partial charge in [0.1, 0.15) is 0 Å². The summed E-state index contributed by atoms with van der Waals surface area (Å²) >= 11 is 0. The summed E-state index contributed by atoms with van der Waals surface area (Å²) in [6.07, 6.45) is 2.51. The third-order valence-electron chi connectivity index (χ3n) is 4.78. The summed E-state index contributed by atoms with van der Waals surface area (Å²) in [4.78, 5) is 27.9. The molecular weight excluding hydrogens is 282 g/mol. The molecule has 6 heteroatoms. The maximum Gasteiger partial charge on any atom is 0.317 e. The standard InChI is InChI=1S/C16H29N3O3/c1-5-8-17-16(21)18-9-6-12(7-10-18)13-14(22-4)15(20)19(13)11(2)3/h11-14H,5-10H2,1-4H3,(H,17,21). The van der Waals surface area contributed by atoms with Crippen molar-refractivity contribution >= 4 is 11.9 Å². The number of rotatable bonds is 5. The zero-order valence-electron chi connectivity index (χ0n) is 14.2. The van der Waals surface area contributed by atoms with E-state index in [0.717, 1.165) is 38.9 Å². The van der Waals surface area contributed by atoms with Crippen molar-refractivity contribution in [1.82, 2.24) is 15.1 Å². The molecule has 0 bridgehead atoms. The number of urea groups is 1. The van der Waals surface area contributed by atoms with Gasteiger partial charge in [-0.1, -0.05) is 6.92 Å². The summed E-state index contributed by atoms with van der Waals surface area (Å²) in [5.41, 5.74) is 0. The van der Waals surface area contributed by atoms with Gasteiger partial charge >= 0.3 is 6.03 Å². The van der Waals surface area contributed by atoms with Gasteiger partial charge in [0.25, 0.3) is 5.91 Å². The summed E-state index contributed by atoms with van der Waals surface area (Å²) in [7, 11) is 1.61. The first-order chi connectivity index (χ1) is 10.5. The number of hydrogen-bond donors (Lipinski definition) is 1. The van der Waals surface area contributed by atoms with Crippen LogP contribution < -0.4 is 5.32 Å². The van der Waals surface area contributed by atoms with E-state index in [1.165, 1.54) is 0 Å². The smallest absolute Gasteiger partial charge is 0.317 e. The topological polar surface area (TPSA) is 61.9 Å². The van der Waals surface area contributed by atoms with Crippen LogP contribution in [0.15, 0.2) is 0 Å². The minimum absolute atomic E-state index is 0.0361. The molecule has 0 radical (unpaired) electrons. The van der Waals surface area contributed by atoms with Gasteiger partial charge in [-0.2, -0.15) is 0 Å². The van der Waals surface area contributed by atoms with Crippen molar-refractivity contribution in [2.45, 2.75) is 58.2 Å². The third-order valence-corrected chi connectivity index (χ3v) is 4.78. The van der Waals surface area contributed by atoms with E-state index in [4.69, 9.17) is 4.74 Å². The lowest BCUT2D eigenvalue weighted by molar-refractivity contribution is -0.181. The molecule has 0 spiro atoms. The van der Waals surface area contributed by atoms with Gasteiger partial charge in [0, 0.05) is 32.8 Å². The van der Waals surface area contributed by atoms with Crippen LogP contribution in [0, 0.1) is 5.92 Å². The molecule has 6 nitrogen and oxygen atoms in total. The number of hydrogen-bond acceptors (Lipinski definition) is 3. The van der Waals surface area contributed by atoms with Crippen LogP contribution in [0.5, 0.6) is 0 Å². The highest BCUT2D eigenvalue weighted by molar-refractivity contribution is 5.88. The number of ether oxygens (including phenoxy) is 1. The van der Waals surface area contributed by atoms with Crippen molar-refractivity contribution < 1.29 is 14.3 Å². The summed E-state index contributed by atoms with van der Waals surface area (Å²) < 4.78 is 5.39. The Labute approximate surface area is 133 Å². The predicted molar refractivity (Wildman–Crippen MR) is 84.6 cm³/mol. The first kappa shape index (κ1) is 17.1. The number of carbonyl (C=O) groups excluding carboxylic acids is 2. The van der Waals surface area contributed by atoms with Crippen molar-refractivity contribution in [3.8, 4) is 0 Å². The van der Waals surface area contributed by atoms with Crippen molar-refractivity contribution in [2.24, 2.45) is 5.92 Å². The normalized spacial score (nSPS) is 26.3. The highest BCUT2D eigenvalue weighted by Gasteiger charge is 2.52. The molecule has 2 saturated heterocycles. The van der Waals surface area contributed by atoms with E-state index in [1.54, 1.807) is 7.11 Å². The maximum atomic E-state index is 12.1. The minimum Gasteiger partial charge on any atom is -0.369 e. The number of likely N-dealkylation sites (tertiary alicyclic amines) is 2. The largest absolute Gasteiger partial charge is 0.369 e. The average Bonchev–Trinajstić information content (AvgIpc) is 2.50. The van der Waals surface area contributed by atoms with Crippen LogP contribution >= 0.6 is 0 Å². The maximum absolute atomic E-state index is 12.1. The molecule has 2 aliphatic rings. The fraction of sp³-hybridized carbons (Fsp3) is 0.875.